The lowest BCUT2D eigenvalue weighted by Gasteiger charge is -2.42. The van der Waals surface area contributed by atoms with Crippen LogP contribution in [0.4, 0.5) is 0 Å². The van der Waals surface area contributed by atoms with Crippen LogP contribution in [0.15, 0.2) is 18.5 Å². The molecule has 16 heavy (non-hydrogen) atoms. The highest BCUT2D eigenvalue weighted by Gasteiger charge is 2.40. The normalized spacial score (nSPS) is 27.4. The topological polar surface area (TPSA) is 41.4 Å². The lowest BCUT2D eigenvalue weighted by atomic mass is 10.0. The first-order valence-corrected chi connectivity index (χ1v) is 5.74. The molecule has 1 aromatic heterocycles. The van der Waals surface area contributed by atoms with E-state index in [2.05, 4.69) is 10.00 Å². The Morgan fingerprint density at radius 2 is 2.25 bits per heavy atom. The van der Waals surface area contributed by atoms with E-state index in [1.807, 2.05) is 28.9 Å². The Bertz CT molecular complexity index is 383. The summed E-state index contributed by atoms with van der Waals surface area (Å²) in [5, 5.41) is 4.23. The first kappa shape index (κ1) is 9.84. The molecular weight excluding hydrogens is 204 g/mol. The number of carbonyl (C=O) groups excluding carboxylic acids is 1. The zero-order chi connectivity index (χ0) is 11.1. The third-order valence-corrected chi connectivity index (χ3v) is 3.63. The highest BCUT2D eigenvalue weighted by Crippen LogP contribution is 2.27. The average Bonchev–Trinajstić information content (AvgIpc) is 2.81. The fourth-order valence-corrected chi connectivity index (χ4v) is 2.55. The number of likely N-dealkylation sites (tertiary alicyclic amines) is 2. The Labute approximate surface area is 94.6 Å². The van der Waals surface area contributed by atoms with Gasteiger partial charge in [-0.2, -0.15) is 5.10 Å². The molecule has 1 amide bonds. The Kier molecular flexibility index (Phi) is 2.21. The molecule has 5 nitrogen and oxygen atoms in total. The molecule has 3 heterocycles. The number of likely N-dealkylation sites (N-methyl/N-ethyl adjacent to an activating group) is 1. The SMILES string of the molecule is CN1CCC(N2CC(n3cccn3)C2)C1=O. The molecule has 0 saturated carbocycles. The van der Waals surface area contributed by atoms with E-state index < -0.39 is 0 Å². The lowest BCUT2D eigenvalue weighted by Crippen LogP contribution is -2.55. The molecule has 3 rings (SSSR count). The number of hydrogen-bond acceptors (Lipinski definition) is 3. The van der Waals surface area contributed by atoms with Crippen molar-refractivity contribution in [3.05, 3.63) is 18.5 Å². The molecule has 1 atom stereocenters. The molecule has 2 fully saturated rings. The van der Waals surface area contributed by atoms with E-state index in [1.165, 1.54) is 0 Å². The minimum Gasteiger partial charge on any atom is -0.344 e. The molecule has 0 aliphatic carbocycles. The number of carbonyl (C=O) groups is 1. The highest BCUT2D eigenvalue weighted by molar-refractivity contribution is 5.83. The van der Waals surface area contributed by atoms with Crippen LogP contribution >= 0.6 is 0 Å². The zero-order valence-corrected chi connectivity index (χ0v) is 9.41. The van der Waals surface area contributed by atoms with Crippen LogP contribution in [0.3, 0.4) is 0 Å². The van der Waals surface area contributed by atoms with Gasteiger partial charge < -0.3 is 4.90 Å². The quantitative estimate of drug-likeness (QED) is 0.703. The molecule has 1 aromatic rings. The Balaban J connectivity index is 1.60. The van der Waals surface area contributed by atoms with Gasteiger partial charge in [-0.15, -0.1) is 0 Å². The second kappa shape index (κ2) is 3.59. The minimum absolute atomic E-state index is 0.122. The van der Waals surface area contributed by atoms with E-state index in [9.17, 15) is 4.79 Å². The summed E-state index contributed by atoms with van der Waals surface area (Å²) in [5.41, 5.74) is 0. The van der Waals surface area contributed by atoms with Gasteiger partial charge in [-0.3, -0.25) is 14.4 Å². The number of hydrogen-bond donors (Lipinski definition) is 0. The smallest absolute Gasteiger partial charge is 0.239 e. The monoisotopic (exact) mass is 220 g/mol. The maximum atomic E-state index is 11.8. The standard InChI is InChI=1S/C11H16N4O/c1-13-6-3-10(11(13)16)14-7-9(8-14)15-5-2-4-12-15/h2,4-5,9-10H,3,6-8H2,1H3. The molecule has 0 spiro atoms. The van der Waals surface area contributed by atoms with Crippen LogP contribution in [0.1, 0.15) is 12.5 Å². The fraction of sp³-hybridized carbons (Fsp3) is 0.636. The summed E-state index contributed by atoms with van der Waals surface area (Å²) in [5.74, 6) is 0.277. The van der Waals surface area contributed by atoms with Gasteiger partial charge >= 0.3 is 0 Å². The van der Waals surface area contributed by atoms with Crippen molar-refractivity contribution < 1.29 is 4.79 Å². The van der Waals surface area contributed by atoms with Crippen molar-refractivity contribution in [2.45, 2.75) is 18.5 Å². The van der Waals surface area contributed by atoms with Crippen LogP contribution in [0.2, 0.25) is 0 Å². The number of nitrogens with zero attached hydrogens (tertiary/aromatic N) is 4. The van der Waals surface area contributed by atoms with E-state index in [0.717, 1.165) is 26.1 Å². The van der Waals surface area contributed by atoms with Crippen LogP contribution in [-0.2, 0) is 4.79 Å². The van der Waals surface area contributed by atoms with Crippen molar-refractivity contribution >= 4 is 5.91 Å². The van der Waals surface area contributed by atoms with Gasteiger partial charge in [0.1, 0.15) is 0 Å². The number of aromatic nitrogens is 2. The third-order valence-electron chi connectivity index (χ3n) is 3.63. The van der Waals surface area contributed by atoms with Crippen molar-refractivity contribution in [3.8, 4) is 0 Å². The third kappa shape index (κ3) is 1.43. The predicted molar refractivity (Wildman–Crippen MR) is 58.9 cm³/mol. The van der Waals surface area contributed by atoms with Crippen LogP contribution in [0.25, 0.3) is 0 Å². The summed E-state index contributed by atoms with van der Waals surface area (Å²) in [7, 11) is 1.88. The number of amides is 1. The molecule has 0 N–H and O–H groups in total. The molecule has 86 valence electrons. The first-order valence-electron chi connectivity index (χ1n) is 5.74. The first-order chi connectivity index (χ1) is 7.75. The van der Waals surface area contributed by atoms with E-state index >= 15 is 0 Å². The Morgan fingerprint density at radius 3 is 2.81 bits per heavy atom. The van der Waals surface area contributed by atoms with Crippen molar-refractivity contribution in [3.63, 3.8) is 0 Å². The van der Waals surface area contributed by atoms with Gasteiger partial charge in [0.25, 0.3) is 0 Å². The Morgan fingerprint density at radius 1 is 1.44 bits per heavy atom. The summed E-state index contributed by atoms with van der Waals surface area (Å²) >= 11 is 0. The summed E-state index contributed by atoms with van der Waals surface area (Å²) in [6, 6.07) is 2.52. The zero-order valence-electron chi connectivity index (χ0n) is 9.41. The summed E-state index contributed by atoms with van der Waals surface area (Å²) < 4.78 is 1.99. The number of rotatable bonds is 2. The van der Waals surface area contributed by atoms with Crippen LogP contribution in [0, 0.1) is 0 Å². The van der Waals surface area contributed by atoms with Crippen LogP contribution in [-0.4, -0.2) is 58.2 Å². The maximum absolute atomic E-state index is 11.8. The van der Waals surface area contributed by atoms with Gasteiger partial charge in [0.2, 0.25) is 5.91 Å². The average molecular weight is 220 g/mol. The van der Waals surface area contributed by atoms with Crippen molar-refractivity contribution in [2.24, 2.45) is 0 Å². The van der Waals surface area contributed by atoms with E-state index in [-0.39, 0.29) is 11.9 Å². The van der Waals surface area contributed by atoms with Crippen molar-refractivity contribution in [2.75, 3.05) is 26.7 Å². The van der Waals surface area contributed by atoms with Gasteiger partial charge in [0.15, 0.2) is 0 Å². The summed E-state index contributed by atoms with van der Waals surface area (Å²) in [6.07, 6.45) is 4.77. The summed E-state index contributed by atoms with van der Waals surface area (Å²) in [4.78, 5) is 15.9. The van der Waals surface area contributed by atoms with Gasteiger partial charge in [-0.25, -0.2) is 0 Å². The van der Waals surface area contributed by atoms with Gasteiger partial charge in [0, 0.05) is 39.1 Å². The van der Waals surface area contributed by atoms with Gasteiger partial charge in [0.05, 0.1) is 12.1 Å². The Hall–Kier alpha value is -1.36. The van der Waals surface area contributed by atoms with Gasteiger partial charge in [-0.1, -0.05) is 0 Å². The molecule has 1 unspecified atom stereocenters. The minimum atomic E-state index is 0.122. The summed E-state index contributed by atoms with van der Waals surface area (Å²) in [6.45, 7) is 2.80. The predicted octanol–water partition coefficient (Wildman–Crippen LogP) is -0.0295. The maximum Gasteiger partial charge on any atom is 0.239 e. The van der Waals surface area contributed by atoms with Crippen molar-refractivity contribution in [1.82, 2.24) is 19.6 Å². The molecule has 0 bridgehead atoms. The largest absolute Gasteiger partial charge is 0.344 e. The molecule has 0 aromatic carbocycles. The highest BCUT2D eigenvalue weighted by atomic mass is 16.2. The molecule has 2 aliphatic rings. The molecule has 0 radical (unpaired) electrons. The van der Waals surface area contributed by atoms with E-state index in [4.69, 9.17) is 0 Å². The van der Waals surface area contributed by atoms with Gasteiger partial charge in [-0.05, 0) is 12.5 Å². The molecule has 2 aliphatic heterocycles. The van der Waals surface area contributed by atoms with Crippen molar-refractivity contribution in [1.29, 1.82) is 0 Å². The second-order valence-electron chi connectivity index (χ2n) is 4.66. The second-order valence-corrected chi connectivity index (χ2v) is 4.66. The molecular formula is C11H16N4O. The lowest BCUT2D eigenvalue weighted by molar-refractivity contribution is -0.133. The van der Waals surface area contributed by atoms with E-state index in [0.29, 0.717) is 6.04 Å². The fourth-order valence-electron chi connectivity index (χ4n) is 2.55. The molecule has 5 heteroatoms. The van der Waals surface area contributed by atoms with Crippen LogP contribution < -0.4 is 0 Å². The van der Waals surface area contributed by atoms with E-state index in [1.54, 1.807) is 6.20 Å². The molecule has 2 saturated heterocycles. The van der Waals surface area contributed by atoms with Crippen LogP contribution in [0.5, 0.6) is 0 Å².